The van der Waals surface area contributed by atoms with Crippen molar-refractivity contribution < 1.29 is 4.42 Å². The molecule has 0 saturated carbocycles. The molecule has 0 amide bonds. The maximum absolute atomic E-state index is 11.4. The molecule has 1 atom stereocenters. The Bertz CT molecular complexity index is 583. The van der Waals surface area contributed by atoms with Crippen molar-refractivity contribution in [2.45, 2.75) is 25.1 Å². The predicted molar refractivity (Wildman–Crippen MR) is 72.6 cm³/mol. The minimum Gasteiger partial charge on any atom is -0.408 e. The summed E-state index contributed by atoms with van der Waals surface area (Å²) in [5.41, 5.74) is 2.65. The minimum atomic E-state index is -0.313. The number of halogens is 1. The van der Waals surface area contributed by atoms with Crippen LogP contribution in [0.4, 0.5) is 0 Å². The third kappa shape index (κ3) is 2.46. The topological polar surface area (TPSA) is 35.1 Å². The molecule has 0 saturated heterocycles. The van der Waals surface area contributed by atoms with E-state index in [0.29, 0.717) is 16.3 Å². The van der Waals surface area contributed by atoms with Gasteiger partial charge in [-0.15, -0.1) is 0 Å². The Hall–Kier alpha value is -1.03. The zero-order valence-corrected chi connectivity index (χ0v) is 11.8. The Kier molecular flexibility index (Phi) is 3.43. The van der Waals surface area contributed by atoms with Crippen LogP contribution in [0.1, 0.15) is 30.7 Å². The minimum absolute atomic E-state index is 0.303. The van der Waals surface area contributed by atoms with Crippen molar-refractivity contribution in [1.82, 2.24) is 4.57 Å². The van der Waals surface area contributed by atoms with Crippen molar-refractivity contribution in [3.8, 4) is 0 Å². The third-order valence-corrected chi connectivity index (χ3v) is 3.76. The van der Waals surface area contributed by atoms with E-state index >= 15 is 0 Å². The molecular weight excluding hydrogens is 282 g/mol. The molecule has 17 heavy (non-hydrogen) atoms. The van der Waals surface area contributed by atoms with Gasteiger partial charge in [-0.05, 0) is 30.0 Å². The largest absolute Gasteiger partial charge is 0.419 e. The van der Waals surface area contributed by atoms with Crippen molar-refractivity contribution in [2.75, 3.05) is 0 Å². The van der Waals surface area contributed by atoms with Gasteiger partial charge in [-0.3, -0.25) is 4.57 Å². The summed E-state index contributed by atoms with van der Waals surface area (Å²) in [6.45, 7) is 4.38. The van der Waals surface area contributed by atoms with E-state index in [0.717, 1.165) is 17.5 Å². The highest BCUT2D eigenvalue weighted by Gasteiger charge is 2.12. The fourth-order valence-corrected chi connectivity index (χ4v) is 2.93. The Morgan fingerprint density at radius 2 is 2.12 bits per heavy atom. The molecule has 92 valence electrons. The van der Waals surface area contributed by atoms with Crippen LogP contribution in [-0.4, -0.2) is 4.57 Å². The lowest BCUT2D eigenvalue weighted by atomic mass is 10.0. The van der Waals surface area contributed by atoms with Gasteiger partial charge in [0, 0.05) is 11.9 Å². The van der Waals surface area contributed by atoms with Crippen molar-refractivity contribution in [3.05, 3.63) is 34.3 Å². The maximum atomic E-state index is 11.4. The monoisotopic (exact) mass is 297 g/mol. The van der Waals surface area contributed by atoms with Gasteiger partial charge >= 0.3 is 5.76 Å². The van der Waals surface area contributed by atoms with E-state index in [9.17, 15) is 4.79 Å². The predicted octanol–water partition coefficient (Wildman–Crippen LogP) is 3.61. The second-order valence-electron chi connectivity index (χ2n) is 4.75. The third-order valence-electron chi connectivity index (χ3n) is 2.86. The fraction of sp³-hybridized carbons (Fsp3) is 0.462. The molecule has 0 N–H and O–H groups in total. The zero-order chi connectivity index (χ0) is 12.6. The van der Waals surface area contributed by atoms with Crippen LogP contribution in [0.5, 0.6) is 0 Å². The van der Waals surface area contributed by atoms with Gasteiger partial charge in [0.2, 0.25) is 0 Å². The number of fused-ring (bicyclic) bond motifs is 1. The van der Waals surface area contributed by atoms with E-state index in [1.807, 2.05) is 18.2 Å². The van der Waals surface area contributed by atoms with Crippen LogP contribution in [0, 0.1) is 5.92 Å². The first-order valence-electron chi connectivity index (χ1n) is 5.72. The smallest absolute Gasteiger partial charge is 0.408 e. The molecule has 2 rings (SSSR count). The van der Waals surface area contributed by atoms with Crippen LogP contribution < -0.4 is 5.76 Å². The summed E-state index contributed by atoms with van der Waals surface area (Å²) in [4.78, 5) is 11.7. The lowest BCUT2D eigenvalue weighted by Crippen LogP contribution is -2.08. The molecule has 0 fully saturated rings. The summed E-state index contributed by atoms with van der Waals surface area (Å²) < 4.78 is 6.70. The standard InChI is InChI=1S/C13H16BrNO2/c1-8(2)6-10(14)9-4-5-11-12(7-9)17-13(16)15(11)3/h4-5,7-8,10H,6H2,1-3H3. The van der Waals surface area contributed by atoms with Gasteiger partial charge in [-0.1, -0.05) is 35.8 Å². The van der Waals surface area contributed by atoms with Gasteiger partial charge in [0.15, 0.2) is 5.58 Å². The average Bonchev–Trinajstić information content (AvgIpc) is 2.53. The fourth-order valence-electron chi connectivity index (χ4n) is 1.90. The highest BCUT2D eigenvalue weighted by molar-refractivity contribution is 9.09. The maximum Gasteiger partial charge on any atom is 0.419 e. The molecule has 0 spiro atoms. The van der Waals surface area contributed by atoms with Crippen LogP contribution >= 0.6 is 15.9 Å². The lowest BCUT2D eigenvalue weighted by Gasteiger charge is -2.12. The highest BCUT2D eigenvalue weighted by Crippen LogP contribution is 2.31. The van der Waals surface area contributed by atoms with Crippen LogP contribution in [-0.2, 0) is 7.05 Å². The van der Waals surface area contributed by atoms with Crippen LogP contribution in [0.2, 0.25) is 0 Å². The molecule has 1 unspecified atom stereocenters. The van der Waals surface area contributed by atoms with E-state index in [1.165, 1.54) is 4.57 Å². The number of nitrogens with zero attached hydrogens (tertiary/aromatic N) is 1. The molecule has 2 aromatic rings. The van der Waals surface area contributed by atoms with E-state index in [1.54, 1.807) is 7.05 Å². The van der Waals surface area contributed by atoms with Crippen LogP contribution in [0.15, 0.2) is 27.4 Å². The van der Waals surface area contributed by atoms with Gasteiger partial charge in [0.05, 0.1) is 5.52 Å². The van der Waals surface area contributed by atoms with Gasteiger partial charge < -0.3 is 4.42 Å². The van der Waals surface area contributed by atoms with Crippen LogP contribution in [0.25, 0.3) is 11.1 Å². The quantitative estimate of drug-likeness (QED) is 0.811. The molecule has 0 aliphatic rings. The van der Waals surface area contributed by atoms with Gasteiger partial charge in [-0.2, -0.15) is 0 Å². The van der Waals surface area contributed by atoms with Gasteiger partial charge in [-0.25, -0.2) is 4.79 Å². The lowest BCUT2D eigenvalue weighted by molar-refractivity contribution is 0.527. The van der Waals surface area contributed by atoms with E-state index < -0.39 is 0 Å². The number of hydrogen-bond acceptors (Lipinski definition) is 2. The zero-order valence-electron chi connectivity index (χ0n) is 10.2. The van der Waals surface area contributed by atoms with E-state index in [-0.39, 0.29) is 5.76 Å². The molecule has 0 radical (unpaired) electrons. The Balaban J connectivity index is 2.41. The Morgan fingerprint density at radius 3 is 2.76 bits per heavy atom. The van der Waals surface area contributed by atoms with Crippen molar-refractivity contribution in [2.24, 2.45) is 13.0 Å². The number of benzene rings is 1. The summed E-state index contributed by atoms with van der Waals surface area (Å²) >= 11 is 3.67. The number of hydrogen-bond donors (Lipinski definition) is 0. The van der Waals surface area contributed by atoms with E-state index in [4.69, 9.17) is 4.42 Å². The average molecular weight is 298 g/mol. The molecule has 0 aliphatic heterocycles. The van der Waals surface area contributed by atoms with E-state index in [2.05, 4.69) is 29.8 Å². The summed E-state index contributed by atoms with van der Waals surface area (Å²) in [6.07, 6.45) is 1.06. The van der Waals surface area contributed by atoms with Gasteiger partial charge in [0.1, 0.15) is 0 Å². The number of rotatable bonds is 3. The molecule has 0 aliphatic carbocycles. The molecule has 3 nitrogen and oxygen atoms in total. The number of oxazole rings is 1. The SMILES string of the molecule is CC(C)CC(Br)c1ccc2c(c1)oc(=O)n2C. The first-order chi connectivity index (χ1) is 7.99. The second-order valence-corrected chi connectivity index (χ2v) is 5.86. The Labute approximate surface area is 109 Å². The Morgan fingerprint density at radius 1 is 1.41 bits per heavy atom. The summed E-state index contributed by atoms with van der Waals surface area (Å²) in [5, 5.41) is 0. The van der Waals surface area contributed by atoms with Crippen molar-refractivity contribution in [3.63, 3.8) is 0 Å². The molecule has 1 heterocycles. The normalized spacial score (nSPS) is 13.5. The first kappa shape index (κ1) is 12.4. The molecule has 4 heteroatoms. The molecular formula is C13H16BrNO2. The second kappa shape index (κ2) is 4.69. The molecule has 0 bridgehead atoms. The molecule has 1 aromatic carbocycles. The van der Waals surface area contributed by atoms with Gasteiger partial charge in [0.25, 0.3) is 0 Å². The highest BCUT2D eigenvalue weighted by atomic mass is 79.9. The van der Waals surface area contributed by atoms with Crippen molar-refractivity contribution in [1.29, 1.82) is 0 Å². The summed E-state index contributed by atoms with van der Waals surface area (Å²) in [6, 6.07) is 5.92. The van der Waals surface area contributed by atoms with Crippen molar-refractivity contribution >= 4 is 27.0 Å². The number of aromatic nitrogens is 1. The number of alkyl halides is 1. The number of aryl methyl sites for hydroxylation is 1. The molecule has 1 aromatic heterocycles. The first-order valence-corrected chi connectivity index (χ1v) is 6.64. The van der Waals surface area contributed by atoms with Crippen LogP contribution in [0.3, 0.4) is 0 Å². The summed E-state index contributed by atoms with van der Waals surface area (Å²) in [5.74, 6) is 0.310. The summed E-state index contributed by atoms with van der Waals surface area (Å²) in [7, 11) is 1.72.